The Morgan fingerprint density at radius 2 is 2.02 bits per heavy atom. The van der Waals surface area contributed by atoms with Crippen LogP contribution in [0.25, 0.3) is 27.8 Å². The number of aliphatic hydroxyl groups is 1. The van der Waals surface area contributed by atoms with E-state index < -0.39 is 24.0 Å². The average molecular weight is 595 g/mol. The van der Waals surface area contributed by atoms with Crippen molar-refractivity contribution < 1.29 is 23.4 Å². The number of amides is 1. The van der Waals surface area contributed by atoms with Crippen LogP contribution in [0.1, 0.15) is 49.0 Å². The molecule has 1 saturated heterocycles. The second kappa shape index (κ2) is 11.1. The van der Waals surface area contributed by atoms with Crippen molar-refractivity contribution in [2.45, 2.75) is 70.6 Å². The number of nitrogens with one attached hydrogen (secondary N) is 1. The molecule has 9 nitrogen and oxygen atoms in total. The number of ether oxygens (including phenoxy) is 1. The molecule has 3 aromatic heterocycles. The van der Waals surface area contributed by atoms with Gasteiger partial charge in [0.15, 0.2) is 0 Å². The second-order valence-electron chi connectivity index (χ2n) is 12.7. The summed E-state index contributed by atoms with van der Waals surface area (Å²) in [5.74, 6) is 0.766. The van der Waals surface area contributed by atoms with Crippen molar-refractivity contribution in [1.82, 2.24) is 19.1 Å². The zero-order chi connectivity index (χ0) is 30.6. The third-order valence-electron chi connectivity index (χ3n) is 8.65. The maximum absolute atomic E-state index is 14.4. The number of hydrogen-bond donors (Lipinski definition) is 3. The summed E-state index contributed by atoms with van der Waals surface area (Å²) in [6.07, 6.45) is 1.67. The lowest BCUT2D eigenvalue weighted by atomic mass is 10.0. The highest BCUT2D eigenvalue weighted by Gasteiger charge is 2.31. The molecule has 1 aromatic carbocycles. The number of aromatic nitrogens is 3. The van der Waals surface area contributed by atoms with Crippen LogP contribution < -0.4 is 15.8 Å². The van der Waals surface area contributed by atoms with Gasteiger partial charge in [-0.3, -0.25) is 4.79 Å². The number of benzene rings is 1. The summed E-state index contributed by atoms with van der Waals surface area (Å²) in [5.41, 5.74) is 10.1. The molecule has 2 fully saturated rings. The first-order chi connectivity index (χ1) is 20.4. The number of carbonyl (C=O) groups excluding carboxylic acids is 1. The van der Waals surface area contributed by atoms with Gasteiger partial charge in [0.1, 0.15) is 29.3 Å². The van der Waals surface area contributed by atoms with Crippen LogP contribution in [0.4, 0.5) is 14.5 Å². The molecule has 0 unspecified atom stereocenters. The molecule has 1 aliphatic carbocycles. The quantitative estimate of drug-likeness (QED) is 0.259. The summed E-state index contributed by atoms with van der Waals surface area (Å²) in [6, 6.07) is 9.33. The number of alkyl halides is 2. The molecule has 1 aliphatic heterocycles. The van der Waals surface area contributed by atoms with E-state index in [-0.39, 0.29) is 25.4 Å². The van der Waals surface area contributed by atoms with Gasteiger partial charge >= 0.3 is 0 Å². The molecule has 4 heterocycles. The Balaban J connectivity index is 1.39. The molecule has 0 radical (unpaired) electrons. The molecule has 4 aromatic rings. The van der Waals surface area contributed by atoms with Crippen LogP contribution >= 0.6 is 0 Å². The standard InChI is InChI=1S/C32H40F2N6O3/c1-18-29(37-40-15-21(10-27(43-4)30(18)40)31(41)38-16-22(33)11-23(35)17-38)26-9-20-7-8-24(36-13-28(34)32(2,3)42)12-25(20)39(26)14-19-5-6-19/h7-10,12,15,19,22-23,28,36,42H,5-6,11,13-14,16-17,35H2,1-4H3/t22-,23-,28-/m1/s1. The molecular formula is C32H40F2N6O3. The number of piperidine rings is 1. The Labute approximate surface area is 249 Å². The van der Waals surface area contributed by atoms with Crippen molar-refractivity contribution in [2.75, 3.05) is 32.1 Å². The summed E-state index contributed by atoms with van der Waals surface area (Å²) < 4.78 is 38.3. The Morgan fingerprint density at radius 3 is 2.70 bits per heavy atom. The molecular weight excluding hydrogens is 554 g/mol. The van der Waals surface area contributed by atoms with Gasteiger partial charge in [0.25, 0.3) is 5.91 Å². The average Bonchev–Trinajstić information content (AvgIpc) is 3.63. The van der Waals surface area contributed by atoms with Gasteiger partial charge in [-0.25, -0.2) is 13.3 Å². The highest BCUT2D eigenvalue weighted by atomic mass is 19.1. The van der Waals surface area contributed by atoms with Crippen LogP contribution in [0.15, 0.2) is 36.5 Å². The van der Waals surface area contributed by atoms with Crippen LogP contribution in [0.2, 0.25) is 0 Å². The van der Waals surface area contributed by atoms with Crippen molar-refractivity contribution in [3.8, 4) is 17.1 Å². The molecule has 0 spiro atoms. The number of nitrogens with zero attached hydrogens (tertiary/aromatic N) is 4. The number of hydrogen-bond acceptors (Lipinski definition) is 6. The Morgan fingerprint density at radius 1 is 1.26 bits per heavy atom. The van der Waals surface area contributed by atoms with Crippen molar-refractivity contribution in [3.63, 3.8) is 0 Å². The smallest absolute Gasteiger partial charge is 0.255 e. The van der Waals surface area contributed by atoms with Crippen molar-refractivity contribution in [1.29, 1.82) is 0 Å². The number of fused-ring (bicyclic) bond motifs is 2. The Bertz CT molecular complexity index is 1660. The number of methoxy groups -OCH3 is 1. The van der Waals surface area contributed by atoms with E-state index in [2.05, 4.69) is 16.0 Å². The molecule has 6 rings (SSSR count). The number of halogens is 2. The molecule has 4 N–H and O–H groups in total. The van der Waals surface area contributed by atoms with Gasteiger partial charge in [-0.1, -0.05) is 6.07 Å². The summed E-state index contributed by atoms with van der Waals surface area (Å²) >= 11 is 0. The lowest BCUT2D eigenvalue weighted by Crippen LogP contribution is -2.50. The second-order valence-corrected chi connectivity index (χ2v) is 12.7. The minimum absolute atomic E-state index is 0.00700. The number of likely N-dealkylation sites (tertiary alicyclic amines) is 1. The van der Waals surface area contributed by atoms with Crippen LogP contribution in [0.5, 0.6) is 5.75 Å². The van der Waals surface area contributed by atoms with Crippen molar-refractivity contribution in [3.05, 3.63) is 47.7 Å². The number of anilines is 1. The number of rotatable bonds is 9. The zero-order valence-electron chi connectivity index (χ0n) is 25.1. The van der Waals surface area contributed by atoms with E-state index in [4.69, 9.17) is 15.6 Å². The number of pyridine rings is 1. The van der Waals surface area contributed by atoms with E-state index in [0.29, 0.717) is 23.8 Å². The summed E-state index contributed by atoms with van der Waals surface area (Å²) in [7, 11) is 1.56. The molecule has 43 heavy (non-hydrogen) atoms. The fourth-order valence-electron chi connectivity index (χ4n) is 6.00. The van der Waals surface area contributed by atoms with E-state index >= 15 is 0 Å². The zero-order valence-corrected chi connectivity index (χ0v) is 25.1. The van der Waals surface area contributed by atoms with E-state index in [1.54, 1.807) is 23.9 Å². The fourth-order valence-corrected chi connectivity index (χ4v) is 6.00. The third-order valence-corrected chi connectivity index (χ3v) is 8.65. The largest absolute Gasteiger partial charge is 0.494 e. The van der Waals surface area contributed by atoms with Gasteiger partial charge in [0.2, 0.25) is 0 Å². The first kappa shape index (κ1) is 29.4. The molecule has 3 atom stereocenters. The van der Waals surface area contributed by atoms with Crippen LogP contribution in [0.3, 0.4) is 0 Å². The molecule has 1 amide bonds. The maximum atomic E-state index is 14.4. The summed E-state index contributed by atoms with van der Waals surface area (Å²) in [4.78, 5) is 14.9. The molecule has 2 aliphatic rings. The molecule has 11 heteroatoms. The SMILES string of the molecule is COc1cc(C(=O)N2C[C@H](N)C[C@@H](F)C2)cn2nc(-c3cc4ccc(NC[C@@H](F)C(C)(C)O)cc4n3CC3CC3)c(C)c12. The highest BCUT2D eigenvalue weighted by Crippen LogP contribution is 2.39. The third kappa shape index (κ3) is 5.80. The van der Waals surface area contributed by atoms with E-state index in [1.807, 2.05) is 25.1 Å². The lowest BCUT2D eigenvalue weighted by molar-refractivity contribution is 0.00323. The van der Waals surface area contributed by atoms with E-state index in [1.165, 1.54) is 18.7 Å². The minimum atomic E-state index is -1.43. The first-order valence-corrected chi connectivity index (χ1v) is 14.9. The number of nitrogens with two attached hydrogens (primary N) is 1. The normalized spacial score (nSPS) is 20.1. The minimum Gasteiger partial charge on any atom is -0.494 e. The molecule has 230 valence electrons. The van der Waals surface area contributed by atoms with Crippen molar-refractivity contribution in [2.24, 2.45) is 11.7 Å². The van der Waals surface area contributed by atoms with E-state index in [0.717, 1.165) is 58.4 Å². The first-order valence-electron chi connectivity index (χ1n) is 14.9. The van der Waals surface area contributed by atoms with Crippen molar-refractivity contribution >= 4 is 28.0 Å². The van der Waals surface area contributed by atoms with E-state index in [9.17, 15) is 18.7 Å². The number of carbonyl (C=O) groups is 1. The van der Waals surface area contributed by atoms with Gasteiger partial charge in [-0.05, 0) is 70.2 Å². The monoisotopic (exact) mass is 594 g/mol. The fraction of sp³-hybridized carbons (Fsp3) is 0.500. The van der Waals surface area contributed by atoms with Crippen LogP contribution in [-0.2, 0) is 6.54 Å². The van der Waals surface area contributed by atoms with Gasteiger partial charge < -0.3 is 30.4 Å². The Hall–Kier alpha value is -3.70. The van der Waals surface area contributed by atoms with Crippen LogP contribution in [-0.4, -0.2) is 80.8 Å². The van der Waals surface area contributed by atoms with Crippen LogP contribution in [0, 0.1) is 12.8 Å². The topological polar surface area (TPSA) is 110 Å². The summed E-state index contributed by atoms with van der Waals surface area (Å²) in [6.45, 7) is 6.04. The predicted octanol–water partition coefficient (Wildman–Crippen LogP) is 4.72. The molecule has 0 bridgehead atoms. The predicted molar refractivity (Wildman–Crippen MR) is 163 cm³/mol. The van der Waals surface area contributed by atoms with Gasteiger partial charge in [0, 0.05) is 48.5 Å². The Kier molecular flexibility index (Phi) is 7.58. The highest BCUT2D eigenvalue weighted by molar-refractivity contribution is 5.96. The van der Waals surface area contributed by atoms with Gasteiger partial charge in [0.05, 0.1) is 36.0 Å². The maximum Gasteiger partial charge on any atom is 0.255 e. The number of aryl methyl sites for hydroxylation is 1. The molecule has 1 saturated carbocycles. The summed E-state index contributed by atoms with van der Waals surface area (Å²) in [5, 5.41) is 19.1. The lowest BCUT2D eigenvalue weighted by Gasteiger charge is -2.33. The van der Waals surface area contributed by atoms with Gasteiger partial charge in [-0.2, -0.15) is 5.10 Å². The van der Waals surface area contributed by atoms with Gasteiger partial charge in [-0.15, -0.1) is 0 Å².